The molecule has 0 bridgehead atoms. The monoisotopic (exact) mass is 529 g/mol. The van der Waals surface area contributed by atoms with Gasteiger partial charge in [-0.05, 0) is 92.9 Å². The fourth-order valence-corrected chi connectivity index (χ4v) is 5.39. The van der Waals surface area contributed by atoms with Crippen LogP contribution in [0, 0.1) is 13.8 Å². The molecule has 9 heteroatoms. The Morgan fingerprint density at radius 1 is 1.03 bits per heavy atom. The van der Waals surface area contributed by atoms with Gasteiger partial charge in [0.1, 0.15) is 11.8 Å². The average molecular weight is 530 g/mol. The van der Waals surface area contributed by atoms with E-state index in [2.05, 4.69) is 83.1 Å². The van der Waals surface area contributed by atoms with Crippen molar-refractivity contribution in [2.45, 2.75) is 59.5 Å². The number of benzene rings is 2. The lowest BCUT2D eigenvalue weighted by Crippen LogP contribution is -2.49. The Morgan fingerprint density at radius 2 is 1.79 bits per heavy atom. The Bertz CT molecular complexity index is 1520. The molecule has 9 nitrogen and oxygen atoms in total. The number of H-pyrrole nitrogens is 1. The molecule has 39 heavy (non-hydrogen) atoms. The van der Waals surface area contributed by atoms with E-state index < -0.39 is 6.04 Å². The standard InChI is InChI=1S/C30H39N7O2/c1-7-30(5,6)37-28(32-33-34-37)27(24-19-22-18-23(39-8-2)11-12-25(22)31-29(24)38)36-15-13-35(14-16-36)26-17-20(3)9-10-21(26)4/h9-12,17-19,27H,7-8,13-16H2,1-6H3,(H,31,38). The van der Waals surface area contributed by atoms with Crippen molar-refractivity contribution in [1.82, 2.24) is 30.1 Å². The number of aryl methyl sites for hydroxylation is 2. The van der Waals surface area contributed by atoms with Crippen molar-refractivity contribution < 1.29 is 4.74 Å². The van der Waals surface area contributed by atoms with Crippen LogP contribution in [0.3, 0.4) is 0 Å². The fourth-order valence-electron chi connectivity index (χ4n) is 5.39. The molecule has 1 aliphatic heterocycles. The first-order valence-corrected chi connectivity index (χ1v) is 13.9. The number of rotatable bonds is 8. The summed E-state index contributed by atoms with van der Waals surface area (Å²) in [6.45, 7) is 16.5. The third kappa shape index (κ3) is 5.28. The molecule has 5 rings (SSSR count). The van der Waals surface area contributed by atoms with E-state index in [4.69, 9.17) is 4.74 Å². The number of ether oxygens (including phenoxy) is 1. The molecule has 0 aliphatic carbocycles. The number of nitrogens with one attached hydrogen (secondary N) is 1. The number of aromatic amines is 1. The summed E-state index contributed by atoms with van der Waals surface area (Å²) in [5.74, 6) is 1.46. The van der Waals surface area contributed by atoms with E-state index in [0.29, 0.717) is 18.0 Å². The molecule has 0 radical (unpaired) electrons. The quantitative estimate of drug-likeness (QED) is 0.357. The second-order valence-electron chi connectivity index (χ2n) is 11.1. The van der Waals surface area contributed by atoms with Crippen molar-refractivity contribution in [1.29, 1.82) is 0 Å². The highest BCUT2D eigenvalue weighted by atomic mass is 16.5. The van der Waals surface area contributed by atoms with Gasteiger partial charge in [-0.3, -0.25) is 9.69 Å². The molecule has 1 unspecified atom stereocenters. The highest BCUT2D eigenvalue weighted by Crippen LogP contribution is 2.33. The molecular formula is C30H39N7O2. The summed E-state index contributed by atoms with van der Waals surface area (Å²) in [6.07, 6.45) is 0.851. The number of hydrogen-bond acceptors (Lipinski definition) is 7. The predicted octanol–water partition coefficient (Wildman–Crippen LogP) is 4.59. The highest BCUT2D eigenvalue weighted by molar-refractivity contribution is 5.80. The maximum atomic E-state index is 13.6. The van der Waals surface area contributed by atoms with E-state index >= 15 is 0 Å². The molecule has 1 saturated heterocycles. The maximum Gasteiger partial charge on any atom is 0.253 e. The number of aromatic nitrogens is 5. The van der Waals surface area contributed by atoms with Crippen molar-refractivity contribution >= 4 is 16.6 Å². The molecule has 0 spiro atoms. The summed E-state index contributed by atoms with van der Waals surface area (Å²) in [7, 11) is 0. The van der Waals surface area contributed by atoms with E-state index in [1.165, 1.54) is 16.8 Å². The third-order valence-corrected chi connectivity index (χ3v) is 8.01. The van der Waals surface area contributed by atoms with Gasteiger partial charge in [-0.2, -0.15) is 0 Å². The SMILES string of the molecule is CCOc1ccc2[nH]c(=O)c(C(c3nnnn3C(C)(C)CC)N3CCN(c4cc(C)ccc4C)CC3)cc2c1. The molecular weight excluding hydrogens is 490 g/mol. The van der Waals surface area contributed by atoms with Crippen LogP contribution in [0.25, 0.3) is 10.9 Å². The van der Waals surface area contributed by atoms with Gasteiger partial charge < -0.3 is 14.6 Å². The van der Waals surface area contributed by atoms with Gasteiger partial charge in [-0.25, -0.2) is 4.68 Å². The van der Waals surface area contributed by atoms with Gasteiger partial charge in [0.05, 0.1) is 12.1 Å². The minimum atomic E-state index is -0.393. The zero-order chi connectivity index (χ0) is 27.7. The number of nitrogens with zero attached hydrogens (tertiary/aromatic N) is 6. The van der Waals surface area contributed by atoms with Crippen LogP contribution < -0.4 is 15.2 Å². The Balaban J connectivity index is 1.57. The minimum Gasteiger partial charge on any atom is -0.494 e. The summed E-state index contributed by atoms with van der Waals surface area (Å²) in [5.41, 5.74) is 4.79. The molecule has 4 aromatic rings. The minimum absolute atomic E-state index is 0.127. The normalized spacial score (nSPS) is 15.6. The van der Waals surface area contributed by atoms with Crippen molar-refractivity contribution in [3.8, 4) is 5.75 Å². The lowest BCUT2D eigenvalue weighted by molar-refractivity contribution is 0.186. The van der Waals surface area contributed by atoms with Crippen LogP contribution in [-0.4, -0.2) is 62.9 Å². The smallest absolute Gasteiger partial charge is 0.253 e. The van der Waals surface area contributed by atoms with Crippen molar-refractivity contribution in [2.75, 3.05) is 37.7 Å². The molecule has 2 aromatic heterocycles. The number of piperazine rings is 1. The van der Waals surface area contributed by atoms with Gasteiger partial charge in [0.15, 0.2) is 5.82 Å². The molecule has 1 aliphatic rings. The molecule has 3 heterocycles. The van der Waals surface area contributed by atoms with E-state index in [0.717, 1.165) is 49.3 Å². The van der Waals surface area contributed by atoms with Crippen molar-refractivity contribution in [2.24, 2.45) is 0 Å². The Kier molecular flexibility index (Phi) is 7.44. The Labute approximate surface area is 229 Å². The number of pyridine rings is 1. The first-order valence-electron chi connectivity index (χ1n) is 13.9. The number of fused-ring (bicyclic) bond motifs is 1. The summed E-state index contributed by atoms with van der Waals surface area (Å²) in [4.78, 5) is 21.5. The first-order chi connectivity index (χ1) is 18.7. The molecule has 0 amide bonds. The van der Waals surface area contributed by atoms with Crippen LogP contribution in [-0.2, 0) is 5.54 Å². The van der Waals surface area contributed by atoms with E-state index in [1.54, 1.807) is 0 Å². The van der Waals surface area contributed by atoms with Gasteiger partial charge in [0, 0.05) is 48.3 Å². The molecule has 1 N–H and O–H groups in total. The first kappa shape index (κ1) is 26.9. The lowest BCUT2D eigenvalue weighted by atomic mass is 9.98. The van der Waals surface area contributed by atoms with Gasteiger partial charge in [0.25, 0.3) is 5.56 Å². The molecule has 0 saturated carbocycles. The molecule has 1 atom stereocenters. The zero-order valence-corrected chi connectivity index (χ0v) is 23.9. The van der Waals surface area contributed by atoms with Gasteiger partial charge in [-0.1, -0.05) is 19.1 Å². The summed E-state index contributed by atoms with van der Waals surface area (Å²) in [5, 5.41) is 13.9. The van der Waals surface area contributed by atoms with Crippen LogP contribution in [0.1, 0.15) is 62.7 Å². The number of anilines is 1. The van der Waals surface area contributed by atoms with Crippen molar-refractivity contribution in [3.05, 3.63) is 75.3 Å². The second kappa shape index (κ2) is 10.8. The fraction of sp³-hybridized carbons (Fsp3) is 0.467. The summed E-state index contributed by atoms with van der Waals surface area (Å²) >= 11 is 0. The number of tetrazole rings is 1. The Hall–Kier alpha value is -3.72. The van der Waals surface area contributed by atoms with E-state index in [1.807, 2.05) is 35.9 Å². The van der Waals surface area contributed by atoms with Crippen LogP contribution in [0.4, 0.5) is 5.69 Å². The maximum absolute atomic E-state index is 13.6. The third-order valence-electron chi connectivity index (χ3n) is 8.01. The van der Waals surface area contributed by atoms with Crippen LogP contribution in [0.5, 0.6) is 5.75 Å². The molecule has 1 fully saturated rings. The van der Waals surface area contributed by atoms with Crippen LogP contribution >= 0.6 is 0 Å². The highest BCUT2D eigenvalue weighted by Gasteiger charge is 2.36. The largest absolute Gasteiger partial charge is 0.494 e. The van der Waals surface area contributed by atoms with Crippen LogP contribution in [0.2, 0.25) is 0 Å². The number of hydrogen-bond donors (Lipinski definition) is 1. The molecule has 206 valence electrons. The average Bonchev–Trinajstić information content (AvgIpc) is 3.42. The van der Waals surface area contributed by atoms with Gasteiger partial charge >= 0.3 is 0 Å². The van der Waals surface area contributed by atoms with Crippen molar-refractivity contribution in [3.63, 3.8) is 0 Å². The second-order valence-corrected chi connectivity index (χ2v) is 11.1. The van der Waals surface area contributed by atoms with Crippen LogP contribution in [0.15, 0.2) is 47.3 Å². The summed E-state index contributed by atoms with van der Waals surface area (Å²) in [6, 6.07) is 14.0. The topological polar surface area (TPSA) is 92.2 Å². The Morgan fingerprint density at radius 3 is 2.51 bits per heavy atom. The summed E-state index contributed by atoms with van der Waals surface area (Å²) < 4.78 is 7.64. The predicted molar refractivity (Wildman–Crippen MR) is 155 cm³/mol. The lowest BCUT2D eigenvalue weighted by Gasteiger charge is -2.40. The van der Waals surface area contributed by atoms with E-state index in [9.17, 15) is 4.79 Å². The zero-order valence-electron chi connectivity index (χ0n) is 23.9. The van der Waals surface area contributed by atoms with Gasteiger partial charge in [-0.15, -0.1) is 5.10 Å². The van der Waals surface area contributed by atoms with E-state index in [-0.39, 0.29) is 11.1 Å². The van der Waals surface area contributed by atoms with Gasteiger partial charge in [0.2, 0.25) is 0 Å². The molecule has 2 aromatic carbocycles.